The minimum Gasteiger partial charge on any atom is -0.381 e. The van der Waals surface area contributed by atoms with Gasteiger partial charge in [-0.15, -0.1) is 0 Å². The van der Waals surface area contributed by atoms with Crippen molar-refractivity contribution in [3.63, 3.8) is 0 Å². The standard InChI is InChI=1S/C15H22ClN/c1-3-12-8-4-5-9-13(12)17-14-10-6-7-11(2)15(14)16/h6-7,10,12-13,17H,3-5,8-9H2,1-2H3. The van der Waals surface area contributed by atoms with E-state index in [1.165, 1.54) is 32.1 Å². The Kier molecular flexibility index (Phi) is 4.33. The third-order valence-electron chi connectivity index (χ3n) is 3.97. The molecule has 0 radical (unpaired) electrons. The normalized spacial score (nSPS) is 24.6. The van der Waals surface area contributed by atoms with Crippen molar-refractivity contribution in [1.29, 1.82) is 0 Å². The SMILES string of the molecule is CCC1CCCCC1Nc1cccc(C)c1Cl. The van der Waals surface area contributed by atoms with E-state index in [-0.39, 0.29) is 0 Å². The van der Waals surface area contributed by atoms with Crippen LogP contribution < -0.4 is 5.32 Å². The molecule has 2 rings (SSSR count). The number of benzene rings is 1. The van der Waals surface area contributed by atoms with Crippen molar-refractivity contribution < 1.29 is 0 Å². The van der Waals surface area contributed by atoms with Crippen LogP contribution in [0.3, 0.4) is 0 Å². The van der Waals surface area contributed by atoms with E-state index in [4.69, 9.17) is 11.6 Å². The summed E-state index contributed by atoms with van der Waals surface area (Å²) in [7, 11) is 0. The van der Waals surface area contributed by atoms with Crippen LogP contribution in [0.1, 0.15) is 44.6 Å². The van der Waals surface area contributed by atoms with Gasteiger partial charge in [-0.3, -0.25) is 0 Å². The zero-order chi connectivity index (χ0) is 12.3. The highest BCUT2D eigenvalue weighted by atomic mass is 35.5. The molecule has 2 heteroatoms. The average molecular weight is 252 g/mol. The Balaban J connectivity index is 2.11. The summed E-state index contributed by atoms with van der Waals surface area (Å²) in [6.07, 6.45) is 6.64. The first kappa shape index (κ1) is 12.8. The first-order valence-corrected chi connectivity index (χ1v) is 7.11. The zero-order valence-electron chi connectivity index (χ0n) is 10.8. The molecule has 0 aliphatic heterocycles. The van der Waals surface area contributed by atoms with Crippen LogP contribution in [0.2, 0.25) is 5.02 Å². The smallest absolute Gasteiger partial charge is 0.0666 e. The highest BCUT2D eigenvalue weighted by Gasteiger charge is 2.23. The Morgan fingerprint density at radius 2 is 2.06 bits per heavy atom. The van der Waals surface area contributed by atoms with Gasteiger partial charge in [-0.1, -0.05) is 49.9 Å². The van der Waals surface area contributed by atoms with Gasteiger partial charge in [0, 0.05) is 6.04 Å². The fourth-order valence-corrected chi connectivity index (χ4v) is 3.03. The van der Waals surface area contributed by atoms with Gasteiger partial charge in [0.15, 0.2) is 0 Å². The monoisotopic (exact) mass is 251 g/mol. The second kappa shape index (κ2) is 5.77. The Hall–Kier alpha value is -0.690. The molecule has 1 saturated carbocycles. The molecule has 0 spiro atoms. The largest absolute Gasteiger partial charge is 0.381 e. The highest BCUT2D eigenvalue weighted by Crippen LogP contribution is 2.32. The Morgan fingerprint density at radius 1 is 1.29 bits per heavy atom. The number of hydrogen-bond donors (Lipinski definition) is 1. The molecule has 1 fully saturated rings. The van der Waals surface area contributed by atoms with Gasteiger partial charge < -0.3 is 5.32 Å². The molecule has 94 valence electrons. The molecule has 0 amide bonds. The van der Waals surface area contributed by atoms with Crippen LogP contribution in [0, 0.1) is 12.8 Å². The van der Waals surface area contributed by atoms with E-state index in [1.54, 1.807) is 0 Å². The Labute approximate surface area is 110 Å². The van der Waals surface area contributed by atoms with Crippen LogP contribution in [0.25, 0.3) is 0 Å². The van der Waals surface area contributed by atoms with Crippen LogP contribution >= 0.6 is 11.6 Å². The quantitative estimate of drug-likeness (QED) is 0.795. The molecule has 1 aromatic carbocycles. The predicted octanol–water partition coefficient (Wildman–Crippen LogP) is 5.03. The summed E-state index contributed by atoms with van der Waals surface area (Å²) in [6, 6.07) is 6.84. The first-order chi connectivity index (χ1) is 8.22. The molecule has 0 aromatic heterocycles. The molecule has 0 saturated heterocycles. The maximum Gasteiger partial charge on any atom is 0.0666 e. The summed E-state index contributed by atoms with van der Waals surface area (Å²) in [6.45, 7) is 4.36. The van der Waals surface area contributed by atoms with E-state index in [2.05, 4.69) is 37.4 Å². The van der Waals surface area contributed by atoms with Gasteiger partial charge in [0.1, 0.15) is 0 Å². The van der Waals surface area contributed by atoms with Crippen molar-refractivity contribution in [3.05, 3.63) is 28.8 Å². The molecule has 0 heterocycles. The minimum atomic E-state index is 0.605. The van der Waals surface area contributed by atoms with Gasteiger partial charge in [-0.05, 0) is 37.3 Å². The van der Waals surface area contributed by atoms with E-state index in [0.29, 0.717) is 6.04 Å². The van der Waals surface area contributed by atoms with Gasteiger partial charge in [0.25, 0.3) is 0 Å². The maximum absolute atomic E-state index is 6.34. The summed E-state index contributed by atoms with van der Waals surface area (Å²) in [5, 5.41) is 4.54. The summed E-state index contributed by atoms with van der Waals surface area (Å²) >= 11 is 6.34. The highest BCUT2D eigenvalue weighted by molar-refractivity contribution is 6.34. The van der Waals surface area contributed by atoms with Crippen LogP contribution in [-0.2, 0) is 0 Å². The first-order valence-electron chi connectivity index (χ1n) is 6.74. The van der Waals surface area contributed by atoms with Crippen molar-refractivity contribution in [2.24, 2.45) is 5.92 Å². The van der Waals surface area contributed by atoms with Gasteiger partial charge in [0.2, 0.25) is 0 Å². The van der Waals surface area contributed by atoms with Crippen molar-refractivity contribution in [1.82, 2.24) is 0 Å². The van der Waals surface area contributed by atoms with Gasteiger partial charge in [-0.2, -0.15) is 0 Å². The van der Waals surface area contributed by atoms with Crippen LogP contribution in [-0.4, -0.2) is 6.04 Å². The van der Waals surface area contributed by atoms with E-state index >= 15 is 0 Å². The third-order valence-corrected chi connectivity index (χ3v) is 4.47. The number of halogens is 1. The lowest BCUT2D eigenvalue weighted by Gasteiger charge is -2.32. The topological polar surface area (TPSA) is 12.0 Å². The van der Waals surface area contributed by atoms with Crippen LogP contribution in [0.5, 0.6) is 0 Å². The zero-order valence-corrected chi connectivity index (χ0v) is 11.6. The van der Waals surface area contributed by atoms with E-state index in [0.717, 1.165) is 22.2 Å². The fourth-order valence-electron chi connectivity index (χ4n) is 2.84. The second-order valence-electron chi connectivity index (χ2n) is 5.14. The molecule has 0 bridgehead atoms. The summed E-state index contributed by atoms with van der Waals surface area (Å²) in [4.78, 5) is 0. The van der Waals surface area contributed by atoms with Crippen molar-refractivity contribution in [2.45, 2.75) is 52.0 Å². The minimum absolute atomic E-state index is 0.605. The van der Waals surface area contributed by atoms with E-state index in [9.17, 15) is 0 Å². The second-order valence-corrected chi connectivity index (χ2v) is 5.52. The summed E-state index contributed by atoms with van der Waals surface area (Å²) in [5.74, 6) is 0.806. The van der Waals surface area contributed by atoms with E-state index < -0.39 is 0 Å². The van der Waals surface area contributed by atoms with Gasteiger partial charge in [0.05, 0.1) is 10.7 Å². The molecule has 1 N–H and O–H groups in total. The van der Waals surface area contributed by atoms with Crippen molar-refractivity contribution in [3.8, 4) is 0 Å². The Morgan fingerprint density at radius 3 is 2.82 bits per heavy atom. The molecule has 1 aromatic rings. The van der Waals surface area contributed by atoms with Gasteiger partial charge in [-0.25, -0.2) is 0 Å². The van der Waals surface area contributed by atoms with Gasteiger partial charge >= 0.3 is 0 Å². The molecular formula is C15H22ClN. The molecule has 2 unspecified atom stereocenters. The summed E-state index contributed by atoms with van der Waals surface area (Å²) < 4.78 is 0. The molecule has 2 atom stereocenters. The predicted molar refractivity (Wildman–Crippen MR) is 75.8 cm³/mol. The number of nitrogens with one attached hydrogen (secondary N) is 1. The average Bonchev–Trinajstić information content (AvgIpc) is 2.35. The lowest BCUT2D eigenvalue weighted by atomic mass is 9.83. The number of anilines is 1. The molecule has 1 aliphatic carbocycles. The molecule has 1 aliphatic rings. The third kappa shape index (κ3) is 2.95. The van der Waals surface area contributed by atoms with Crippen molar-refractivity contribution >= 4 is 17.3 Å². The number of hydrogen-bond acceptors (Lipinski definition) is 1. The van der Waals surface area contributed by atoms with Crippen LogP contribution in [0.4, 0.5) is 5.69 Å². The molecule has 1 nitrogen and oxygen atoms in total. The van der Waals surface area contributed by atoms with Crippen molar-refractivity contribution in [2.75, 3.05) is 5.32 Å². The summed E-state index contributed by atoms with van der Waals surface area (Å²) in [5.41, 5.74) is 2.26. The molecular weight excluding hydrogens is 230 g/mol. The number of rotatable bonds is 3. The lowest BCUT2D eigenvalue weighted by molar-refractivity contribution is 0.317. The van der Waals surface area contributed by atoms with E-state index in [1.807, 2.05) is 0 Å². The number of aryl methyl sites for hydroxylation is 1. The Bertz CT molecular complexity index is 375. The fraction of sp³-hybridized carbons (Fsp3) is 0.600. The van der Waals surface area contributed by atoms with Crippen LogP contribution in [0.15, 0.2) is 18.2 Å². The lowest BCUT2D eigenvalue weighted by Crippen LogP contribution is -2.31. The maximum atomic E-state index is 6.34. The molecule has 17 heavy (non-hydrogen) atoms.